The number of halogens is 2. The zero-order chi connectivity index (χ0) is 24.8. The minimum atomic E-state index is -4.06. The van der Waals surface area contributed by atoms with Gasteiger partial charge >= 0.3 is 6.03 Å². The largest absolute Gasteiger partial charge is 0.334 e. The highest BCUT2D eigenvalue weighted by atomic mass is 35.5. The molecule has 7 nitrogen and oxygen atoms in total. The third kappa shape index (κ3) is 6.30. The maximum atomic E-state index is 13.3. The number of aromatic nitrogens is 1. The van der Waals surface area contributed by atoms with Crippen molar-refractivity contribution in [1.29, 1.82) is 0 Å². The first-order chi connectivity index (χ1) is 16.8. The molecule has 0 atom stereocenters. The summed E-state index contributed by atoms with van der Waals surface area (Å²) in [7, 11) is -4.06. The number of carbonyl (C=O) groups excluding carboxylic acids is 1. The van der Waals surface area contributed by atoms with Gasteiger partial charge in [0.1, 0.15) is 4.90 Å². The molecule has 0 saturated heterocycles. The average Bonchev–Trinajstić information content (AvgIpc) is 2.84. The van der Waals surface area contributed by atoms with Gasteiger partial charge < -0.3 is 10.6 Å². The molecule has 0 saturated carbocycles. The van der Waals surface area contributed by atoms with Crippen LogP contribution in [-0.4, -0.2) is 19.4 Å². The Kier molecular flexibility index (Phi) is 7.55. The van der Waals surface area contributed by atoms with Crippen LogP contribution < -0.4 is 15.4 Å². The molecule has 0 radical (unpaired) electrons. The van der Waals surface area contributed by atoms with Crippen LogP contribution in [0.2, 0.25) is 10.0 Å². The molecule has 0 spiro atoms. The second-order valence-corrected chi connectivity index (χ2v) is 9.95. The Labute approximate surface area is 213 Å². The molecule has 4 aromatic rings. The zero-order valence-electron chi connectivity index (χ0n) is 18.2. The first-order valence-electron chi connectivity index (χ1n) is 10.4. The smallest absolute Gasteiger partial charge is 0.319 e. The van der Waals surface area contributed by atoms with Gasteiger partial charge in [0.2, 0.25) is 0 Å². The van der Waals surface area contributed by atoms with Gasteiger partial charge in [-0.05, 0) is 53.6 Å². The predicted octanol–water partition coefficient (Wildman–Crippen LogP) is 6.18. The summed E-state index contributed by atoms with van der Waals surface area (Å²) in [6.07, 6.45) is 3.32. The number of hydrogen-bond acceptors (Lipinski definition) is 4. The van der Waals surface area contributed by atoms with Crippen LogP contribution in [0.1, 0.15) is 5.56 Å². The van der Waals surface area contributed by atoms with E-state index in [9.17, 15) is 13.2 Å². The van der Waals surface area contributed by atoms with Crippen molar-refractivity contribution in [3.8, 4) is 11.1 Å². The van der Waals surface area contributed by atoms with Gasteiger partial charge in [0, 0.05) is 40.9 Å². The molecule has 178 valence electrons. The van der Waals surface area contributed by atoms with Crippen LogP contribution in [0.5, 0.6) is 0 Å². The normalized spacial score (nSPS) is 11.0. The third-order valence-electron chi connectivity index (χ3n) is 4.93. The van der Waals surface area contributed by atoms with Gasteiger partial charge in [-0.15, -0.1) is 0 Å². The highest BCUT2D eigenvalue weighted by Gasteiger charge is 2.24. The minimum absolute atomic E-state index is 0.00688. The van der Waals surface area contributed by atoms with E-state index in [4.69, 9.17) is 23.2 Å². The van der Waals surface area contributed by atoms with Gasteiger partial charge in [0.05, 0.1) is 5.02 Å². The van der Waals surface area contributed by atoms with Gasteiger partial charge in [-0.3, -0.25) is 9.71 Å². The van der Waals surface area contributed by atoms with Crippen molar-refractivity contribution in [3.63, 3.8) is 0 Å². The second kappa shape index (κ2) is 10.8. The lowest BCUT2D eigenvalue weighted by Gasteiger charge is -2.15. The van der Waals surface area contributed by atoms with Crippen LogP contribution in [0.25, 0.3) is 11.1 Å². The SMILES string of the molecule is O=C(NCc1cccnc1)Nc1ccc(NS(=O)(=O)c2c(Cl)cc(Cl)cc2-c2ccccc2)cc1. The molecule has 4 rings (SSSR count). The Bertz CT molecular complexity index is 1430. The van der Waals surface area contributed by atoms with Crippen molar-refractivity contribution >= 4 is 50.6 Å². The molecule has 10 heteroatoms. The number of sulfonamides is 1. The first-order valence-corrected chi connectivity index (χ1v) is 12.7. The summed E-state index contributed by atoms with van der Waals surface area (Å²) in [5.74, 6) is 0. The maximum absolute atomic E-state index is 13.3. The molecule has 0 unspecified atom stereocenters. The number of nitrogens with zero attached hydrogens (tertiary/aromatic N) is 1. The number of carbonyl (C=O) groups is 1. The van der Waals surface area contributed by atoms with Gasteiger partial charge in [-0.2, -0.15) is 0 Å². The molecule has 0 aliphatic carbocycles. The van der Waals surface area contributed by atoms with E-state index >= 15 is 0 Å². The van der Waals surface area contributed by atoms with Crippen LogP contribution in [0.15, 0.2) is 96.2 Å². The molecule has 1 aromatic heterocycles. The van der Waals surface area contributed by atoms with Crippen molar-refractivity contribution < 1.29 is 13.2 Å². The summed E-state index contributed by atoms with van der Waals surface area (Å²) < 4.78 is 29.1. The van der Waals surface area contributed by atoms with Crippen molar-refractivity contribution in [1.82, 2.24) is 10.3 Å². The fraction of sp³-hybridized carbons (Fsp3) is 0.0400. The van der Waals surface area contributed by atoms with Crippen molar-refractivity contribution in [2.75, 3.05) is 10.0 Å². The van der Waals surface area contributed by atoms with E-state index < -0.39 is 16.1 Å². The summed E-state index contributed by atoms with van der Waals surface area (Å²) in [5.41, 5.74) is 2.71. The Balaban J connectivity index is 1.48. The van der Waals surface area contributed by atoms with Crippen LogP contribution in [0.3, 0.4) is 0 Å². The number of rotatable bonds is 7. The first kappa shape index (κ1) is 24.5. The molecule has 0 aliphatic rings. The number of hydrogen-bond donors (Lipinski definition) is 3. The fourth-order valence-electron chi connectivity index (χ4n) is 3.35. The lowest BCUT2D eigenvalue weighted by Crippen LogP contribution is -2.28. The molecular formula is C25H20Cl2N4O3S. The molecule has 3 N–H and O–H groups in total. The van der Waals surface area contributed by atoms with E-state index in [1.165, 1.54) is 6.07 Å². The molecule has 1 heterocycles. The van der Waals surface area contributed by atoms with Crippen LogP contribution in [0.4, 0.5) is 16.2 Å². The second-order valence-electron chi connectivity index (χ2n) is 7.48. The summed E-state index contributed by atoms with van der Waals surface area (Å²) >= 11 is 12.5. The number of anilines is 2. The molecule has 2 amide bonds. The van der Waals surface area contributed by atoms with Gasteiger partial charge in [0.15, 0.2) is 0 Å². The monoisotopic (exact) mass is 526 g/mol. The lowest BCUT2D eigenvalue weighted by molar-refractivity contribution is 0.251. The van der Waals surface area contributed by atoms with Gasteiger partial charge in [-0.25, -0.2) is 13.2 Å². The van der Waals surface area contributed by atoms with E-state index in [1.807, 2.05) is 12.1 Å². The molecule has 0 bridgehead atoms. The molecule has 3 aromatic carbocycles. The number of benzene rings is 3. The molecular weight excluding hydrogens is 507 g/mol. The number of nitrogens with one attached hydrogen (secondary N) is 3. The van der Waals surface area contributed by atoms with Crippen molar-refractivity contribution in [2.24, 2.45) is 0 Å². The number of urea groups is 1. The minimum Gasteiger partial charge on any atom is -0.334 e. The summed E-state index contributed by atoms with van der Waals surface area (Å²) in [6, 6.07) is 21.4. The molecule has 35 heavy (non-hydrogen) atoms. The quantitative estimate of drug-likeness (QED) is 0.267. The van der Waals surface area contributed by atoms with Gasteiger partial charge in [0.25, 0.3) is 10.0 Å². The summed E-state index contributed by atoms with van der Waals surface area (Å²) in [4.78, 5) is 16.1. The number of pyridine rings is 1. The Morgan fingerprint density at radius 1 is 0.886 bits per heavy atom. The molecule has 0 aliphatic heterocycles. The van der Waals surface area contributed by atoms with E-state index in [1.54, 1.807) is 73.1 Å². The van der Waals surface area contributed by atoms with E-state index in [-0.39, 0.29) is 9.92 Å². The Morgan fingerprint density at radius 3 is 2.29 bits per heavy atom. The van der Waals surface area contributed by atoms with Gasteiger partial charge in [-0.1, -0.05) is 59.6 Å². The molecule has 0 fully saturated rings. The van der Waals surface area contributed by atoms with E-state index in [0.29, 0.717) is 34.1 Å². The fourth-order valence-corrected chi connectivity index (χ4v) is 5.48. The highest BCUT2D eigenvalue weighted by Crippen LogP contribution is 2.37. The average molecular weight is 527 g/mol. The van der Waals surface area contributed by atoms with Crippen molar-refractivity contribution in [2.45, 2.75) is 11.4 Å². The zero-order valence-corrected chi connectivity index (χ0v) is 20.5. The maximum Gasteiger partial charge on any atom is 0.319 e. The van der Waals surface area contributed by atoms with E-state index in [0.717, 1.165) is 5.56 Å². The standard InChI is InChI=1S/C25H20Cl2N4O3S/c26-19-13-22(18-6-2-1-3-7-18)24(23(27)14-19)35(33,34)31-21-10-8-20(9-11-21)30-25(32)29-16-17-5-4-12-28-15-17/h1-15,31H,16H2,(H2,29,30,32). The Hall–Kier alpha value is -3.59. The van der Waals surface area contributed by atoms with Crippen LogP contribution in [0, 0.1) is 0 Å². The summed E-state index contributed by atoms with van der Waals surface area (Å²) in [6.45, 7) is 0.323. The van der Waals surface area contributed by atoms with E-state index in [2.05, 4.69) is 20.3 Å². The summed E-state index contributed by atoms with van der Waals surface area (Å²) in [5, 5.41) is 5.75. The third-order valence-corrected chi connectivity index (χ3v) is 7.04. The van der Waals surface area contributed by atoms with Crippen molar-refractivity contribution in [3.05, 3.63) is 107 Å². The van der Waals surface area contributed by atoms with Crippen LogP contribution >= 0.6 is 23.2 Å². The van der Waals surface area contributed by atoms with Crippen LogP contribution in [-0.2, 0) is 16.6 Å². The lowest BCUT2D eigenvalue weighted by atomic mass is 10.1. The Morgan fingerprint density at radius 2 is 1.60 bits per heavy atom. The predicted molar refractivity (Wildman–Crippen MR) is 139 cm³/mol. The topological polar surface area (TPSA) is 100 Å². The highest BCUT2D eigenvalue weighted by molar-refractivity contribution is 7.93. The number of amides is 2.